The summed E-state index contributed by atoms with van der Waals surface area (Å²) in [5.74, 6) is 0.932. The van der Waals surface area contributed by atoms with Gasteiger partial charge < -0.3 is 4.74 Å². The summed E-state index contributed by atoms with van der Waals surface area (Å²) in [7, 11) is -3.67. The highest BCUT2D eigenvalue weighted by Gasteiger charge is 2.17. The molecule has 0 unspecified atom stereocenters. The zero-order chi connectivity index (χ0) is 17.7. The largest absolute Gasteiger partial charge is 0.381 e. The lowest BCUT2D eigenvalue weighted by atomic mass is 10.0. The summed E-state index contributed by atoms with van der Waals surface area (Å²) in [6, 6.07) is 6.17. The standard InChI is InChI=1S/C15H18N6O3S/c1-16-11-17-25(22,23)14-4-2-13(3-5-14)15-18-20-21(19-15)10-12-6-8-24-9-7-12/h2-5,12,17H,6-11H2. The van der Waals surface area contributed by atoms with Crippen molar-refractivity contribution in [3.8, 4) is 11.4 Å². The minimum Gasteiger partial charge on any atom is -0.381 e. The molecule has 0 bridgehead atoms. The second-order valence-electron chi connectivity index (χ2n) is 5.71. The van der Waals surface area contributed by atoms with Gasteiger partial charge in [-0.3, -0.25) is 4.85 Å². The van der Waals surface area contributed by atoms with Crippen molar-refractivity contribution in [2.75, 3.05) is 19.9 Å². The molecule has 0 spiro atoms. The van der Waals surface area contributed by atoms with E-state index >= 15 is 0 Å². The summed E-state index contributed by atoms with van der Waals surface area (Å²) in [6.07, 6.45) is 1.97. The predicted octanol–water partition coefficient (Wildman–Crippen LogP) is 0.922. The van der Waals surface area contributed by atoms with Crippen molar-refractivity contribution in [3.63, 3.8) is 0 Å². The van der Waals surface area contributed by atoms with E-state index in [-0.39, 0.29) is 11.6 Å². The van der Waals surface area contributed by atoms with Crippen LogP contribution in [-0.4, -0.2) is 48.5 Å². The van der Waals surface area contributed by atoms with Gasteiger partial charge >= 0.3 is 0 Å². The first-order valence-corrected chi connectivity index (χ1v) is 9.36. The molecule has 0 saturated carbocycles. The molecule has 1 fully saturated rings. The Morgan fingerprint density at radius 2 is 2.00 bits per heavy atom. The molecule has 1 aliphatic heterocycles. The minimum absolute atomic E-state index is 0.0921. The molecule has 25 heavy (non-hydrogen) atoms. The van der Waals surface area contributed by atoms with Gasteiger partial charge in [0.05, 0.1) is 11.4 Å². The first-order chi connectivity index (χ1) is 12.1. The number of tetrazole rings is 1. The third-order valence-electron chi connectivity index (χ3n) is 3.97. The fraction of sp³-hybridized carbons (Fsp3) is 0.467. The molecule has 132 valence electrons. The van der Waals surface area contributed by atoms with Crippen LogP contribution in [0.3, 0.4) is 0 Å². The average molecular weight is 362 g/mol. The number of nitrogens with one attached hydrogen (secondary N) is 1. The molecule has 9 nitrogen and oxygen atoms in total. The Balaban J connectivity index is 1.69. The molecule has 0 amide bonds. The molecule has 0 radical (unpaired) electrons. The highest BCUT2D eigenvalue weighted by atomic mass is 32.2. The molecule has 1 N–H and O–H groups in total. The number of sulfonamides is 1. The normalized spacial score (nSPS) is 15.8. The van der Waals surface area contributed by atoms with Gasteiger partial charge in [-0.1, -0.05) is 0 Å². The lowest BCUT2D eigenvalue weighted by Gasteiger charge is -2.20. The first-order valence-electron chi connectivity index (χ1n) is 7.87. The fourth-order valence-corrected chi connectivity index (χ4v) is 3.48. The second-order valence-corrected chi connectivity index (χ2v) is 7.48. The van der Waals surface area contributed by atoms with Crippen LogP contribution in [0, 0.1) is 12.5 Å². The molecule has 2 heterocycles. The molecular formula is C15H18N6O3S. The van der Waals surface area contributed by atoms with Gasteiger partial charge in [0.15, 0.2) is 0 Å². The van der Waals surface area contributed by atoms with Crippen LogP contribution in [0.2, 0.25) is 0 Å². The first kappa shape index (κ1) is 17.5. The molecule has 1 aliphatic rings. The SMILES string of the molecule is [C-]#[N+]CNS(=O)(=O)c1ccc(-c2nnn(CC3CCOCC3)n2)cc1. The van der Waals surface area contributed by atoms with Crippen molar-refractivity contribution in [2.45, 2.75) is 24.3 Å². The Morgan fingerprint density at radius 3 is 2.68 bits per heavy atom. The number of nitrogens with zero attached hydrogens (tertiary/aromatic N) is 5. The number of ether oxygens (including phenoxy) is 1. The van der Waals surface area contributed by atoms with Crippen molar-refractivity contribution < 1.29 is 13.2 Å². The van der Waals surface area contributed by atoms with Gasteiger partial charge in [0, 0.05) is 18.8 Å². The predicted molar refractivity (Wildman–Crippen MR) is 88.6 cm³/mol. The van der Waals surface area contributed by atoms with E-state index < -0.39 is 10.0 Å². The van der Waals surface area contributed by atoms with E-state index in [1.54, 1.807) is 16.9 Å². The number of rotatable bonds is 6. The van der Waals surface area contributed by atoms with Crippen LogP contribution in [0.15, 0.2) is 29.2 Å². The summed E-state index contributed by atoms with van der Waals surface area (Å²) < 4.78 is 31.4. The number of hydrogen-bond donors (Lipinski definition) is 1. The van der Waals surface area contributed by atoms with E-state index in [1.807, 2.05) is 0 Å². The quantitative estimate of drug-likeness (QED) is 0.767. The number of benzene rings is 1. The molecule has 0 atom stereocenters. The molecule has 10 heteroatoms. The van der Waals surface area contributed by atoms with Gasteiger partial charge in [-0.25, -0.2) is 15.0 Å². The number of hydrogen-bond acceptors (Lipinski definition) is 6. The second kappa shape index (κ2) is 7.69. The summed E-state index contributed by atoms with van der Waals surface area (Å²) in [6.45, 7) is 8.60. The van der Waals surface area contributed by atoms with Crippen LogP contribution in [0.4, 0.5) is 0 Å². The van der Waals surface area contributed by atoms with Crippen molar-refractivity contribution in [2.24, 2.45) is 5.92 Å². The molecule has 1 saturated heterocycles. The third-order valence-corrected chi connectivity index (χ3v) is 5.37. The van der Waals surface area contributed by atoms with Crippen LogP contribution in [-0.2, 0) is 21.3 Å². The number of aromatic nitrogens is 4. The zero-order valence-corrected chi connectivity index (χ0v) is 14.3. The van der Waals surface area contributed by atoms with Gasteiger partial charge in [0.1, 0.15) is 0 Å². The maximum absolute atomic E-state index is 12.0. The summed E-state index contributed by atoms with van der Waals surface area (Å²) in [5.41, 5.74) is 0.683. The van der Waals surface area contributed by atoms with Gasteiger partial charge in [-0.2, -0.15) is 4.80 Å². The molecule has 3 rings (SSSR count). The van der Waals surface area contributed by atoms with Crippen molar-refractivity contribution in [1.82, 2.24) is 24.9 Å². The zero-order valence-electron chi connectivity index (χ0n) is 13.5. The van der Waals surface area contributed by atoms with E-state index in [0.29, 0.717) is 23.9 Å². The third kappa shape index (κ3) is 4.39. The highest BCUT2D eigenvalue weighted by molar-refractivity contribution is 7.89. The summed E-state index contributed by atoms with van der Waals surface area (Å²) in [5, 5.41) is 12.5. The van der Waals surface area contributed by atoms with Crippen LogP contribution in [0.5, 0.6) is 0 Å². The monoisotopic (exact) mass is 362 g/mol. The lowest BCUT2D eigenvalue weighted by molar-refractivity contribution is 0.0586. The van der Waals surface area contributed by atoms with Gasteiger partial charge in [-0.15, -0.1) is 14.9 Å². The van der Waals surface area contributed by atoms with Crippen LogP contribution in [0.25, 0.3) is 16.2 Å². The maximum Gasteiger partial charge on any atom is 0.280 e. The maximum atomic E-state index is 12.0. The van der Waals surface area contributed by atoms with Crippen LogP contribution < -0.4 is 4.72 Å². The Kier molecular flexibility index (Phi) is 5.37. The van der Waals surface area contributed by atoms with E-state index in [4.69, 9.17) is 11.3 Å². The molecule has 2 aromatic rings. The van der Waals surface area contributed by atoms with Gasteiger partial charge in [0.2, 0.25) is 15.8 Å². The summed E-state index contributed by atoms with van der Waals surface area (Å²) in [4.78, 5) is 4.65. The highest BCUT2D eigenvalue weighted by Crippen LogP contribution is 2.19. The molecule has 1 aromatic carbocycles. The van der Waals surface area contributed by atoms with Crippen LogP contribution >= 0.6 is 0 Å². The van der Waals surface area contributed by atoms with Crippen molar-refractivity contribution in [1.29, 1.82) is 0 Å². The van der Waals surface area contributed by atoms with Gasteiger partial charge in [-0.05, 0) is 48.2 Å². The van der Waals surface area contributed by atoms with Crippen molar-refractivity contribution in [3.05, 3.63) is 35.7 Å². The average Bonchev–Trinajstić information content (AvgIpc) is 3.09. The smallest absolute Gasteiger partial charge is 0.280 e. The van der Waals surface area contributed by atoms with E-state index in [9.17, 15) is 8.42 Å². The molecule has 0 aliphatic carbocycles. The summed E-state index contributed by atoms with van der Waals surface area (Å²) >= 11 is 0. The Morgan fingerprint density at radius 1 is 1.28 bits per heavy atom. The van der Waals surface area contributed by atoms with Crippen molar-refractivity contribution >= 4 is 10.0 Å². The van der Waals surface area contributed by atoms with E-state index in [0.717, 1.165) is 26.1 Å². The topological polar surface area (TPSA) is 103 Å². The Labute approximate surface area is 145 Å². The Hall–Kier alpha value is -2.35. The van der Waals surface area contributed by atoms with E-state index in [1.165, 1.54) is 12.1 Å². The Bertz CT molecular complexity index is 850. The van der Waals surface area contributed by atoms with Gasteiger partial charge in [0.25, 0.3) is 6.67 Å². The minimum atomic E-state index is -3.67. The van der Waals surface area contributed by atoms with Crippen LogP contribution in [0.1, 0.15) is 12.8 Å². The van der Waals surface area contributed by atoms with E-state index in [2.05, 4.69) is 25.0 Å². The lowest BCUT2D eigenvalue weighted by Crippen LogP contribution is -2.22. The fourth-order valence-electron chi connectivity index (χ4n) is 2.58. The molecular weight excluding hydrogens is 344 g/mol. The molecule has 1 aromatic heterocycles.